The highest BCUT2D eigenvalue weighted by atomic mass is 35.5. The van der Waals surface area contributed by atoms with Crippen molar-refractivity contribution in [2.24, 2.45) is 5.92 Å². The van der Waals surface area contributed by atoms with Crippen LogP contribution in [0.3, 0.4) is 0 Å². The molecule has 1 heterocycles. The number of carbonyl (C=O) groups is 1. The molecule has 0 radical (unpaired) electrons. The van der Waals surface area contributed by atoms with Crippen LogP contribution in [0.4, 0.5) is 0 Å². The second-order valence-electron chi connectivity index (χ2n) is 4.57. The van der Waals surface area contributed by atoms with Gasteiger partial charge in [0.2, 0.25) is 5.91 Å². The molecule has 1 fully saturated rings. The number of unbranched alkanes of at least 4 members (excludes halogenated alkanes) is 2. The molecule has 0 spiro atoms. The Morgan fingerprint density at radius 1 is 1.44 bits per heavy atom. The van der Waals surface area contributed by atoms with Crippen LogP contribution < -0.4 is 10.6 Å². The van der Waals surface area contributed by atoms with Gasteiger partial charge in [0, 0.05) is 18.5 Å². The van der Waals surface area contributed by atoms with E-state index in [-0.39, 0.29) is 24.2 Å². The fourth-order valence-electron chi connectivity index (χ4n) is 2.10. The number of carbonyl (C=O) groups excluding carboxylic acids is 1. The molecule has 1 rings (SSSR count). The molecular formula is C12H25ClN2O. The average molecular weight is 249 g/mol. The third-order valence-electron chi connectivity index (χ3n) is 3.07. The Bertz CT molecular complexity index is 199. The summed E-state index contributed by atoms with van der Waals surface area (Å²) in [7, 11) is 0. The normalized spacial score (nSPS) is 24.6. The second-order valence-corrected chi connectivity index (χ2v) is 4.57. The highest BCUT2D eigenvalue weighted by Gasteiger charge is 2.23. The van der Waals surface area contributed by atoms with Gasteiger partial charge >= 0.3 is 0 Å². The van der Waals surface area contributed by atoms with Crippen molar-refractivity contribution >= 4 is 18.3 Å². The van der Waals surface area contributed by atoms with Gasteiger partial charge in [-0.05, 0) is 32.7 Å². The number of halogens is 1. The quantitative estimate of drug-likeness (QED) is 0.732. The summed E-state index contributed by atoms with van der Waals surface area (Å²) in [6, 6.07) is 0.491. The number of rotatable bonds is 5. The molecule has 4 heteroatoms. The van der Waals surface area contributed by atoms with Crippen molar-refractivity contribution in [1.29, 1.82) is 0 Å². The summed E-state index contributed by atoms with van der Waals surface area (Å²) in [6.45, 7) is 6.16. The predicted octanol–water partition coefficient (Wildman–Crippen LogP) is 2.10. The van der Waals surface area contributed by atoms with Crippen LogP contribution in [-0.2, 0) is 4.79 Å². The largest absolute Gasteiger partial charge is 0.356 e. The smallest absolute Gasteiger partial charge is 0.223 e. The van der Waals surface area contributed by atoms with E-state index in [0.29, 0.717) is 6.04 Å². The van der Waals surface area contributed by atoms with Crippen LogP contribution in [0.25, 0.3) is 0 Å². The first-order valence-corrected chi connectivity index (χ1v) is 6.25. The standard InChI is InChI=1S/C12H24N2O.ClH/c1-3-4-5-7-14-12(15)11-6-8-13-10(2)9-11;/h10-11,13H,3-9H2,1-2H3,(H,14,15);1H/t10-,11-;/m0./s1. The molecule has 0 aromatic carbocycles. The van der Waals surface area contributed by atoms with Crippen LogP contribution in [0.5, 0.6) is 0 Å². The van der Waals surface area contributed by atoms with Gasteiger partial charge in [0.1, 0.15) is 0 Å². The van der Waals surface area contributed by atoms with E-state index in [0.717, 1.165) is 32.4 Å². The predicted molar refractivity (Wildman–Crippen MR) is 70.0 cm³/mol. The minimum Gasteiger partial charge on any atom is -0.356 e. The molecule has 0 unspecified atom stereocenters. The first kappa shape index (κ1) is 15.7. The lowest BCUT2D eigenvalue weighted by atomic mass is 9.92. The summed E-state index contributed by atoms with van der Waals surface area (Å²) in [6.07, 6.45) is 5.51. The van der Waals surface area contributed by atoms with Crippen LogP contribution in [0.15, 0.2) is 0 Å². The van der Waals surface area contributed by atoms with Gasteiger partial charge in [-0.1, -0.05) is 19.8 Å². The molecule has 96 valence electrons. The van der Waals surface area contributed by atoms with Crippen molar-refractivity contribution in [3.8, 4) is 0 Å². The molecular weight excluding hydrogens is 224 g/mol. The monoisotopic (exact) mass is 248 g/mol. The van der Waals surface area contributed by atoms with Crippen LogP contribution in [0.1, 0.15) is 46.0 Å². The number of hydrogen-bond donors (Lipinski definition) is 2. The second kappa shape index (κ2) is 8.82. The molecule has 1 saturated heterocycles. The summed E-state index contributed by atoms with van der Waals surface area (Å²) >= 11 is 0. The molecule has 1 aliphatic rings. The Labute approximate surface area is 105 Å². The summed E-state index contributed by atoms with van der Waals surface area (Å²) in [4.78, 5) is 11.8. The zero-order valence-corrected chi connectivity index (χ0v) is 11.2. The van der Waals surface area contributed by atoms with Crippen LogP contribution in [0, 0.1) is 5.92 Å². The van der Waals surface area contributed by atoms with E-state index in [9.17, 15) is 4.79 Å². The molecule has 2 atom stereocenters. The van der Waals surface area contributed by atoms with Gasteiger partial charge in [-0.3, -0.25) is 4.79 Å². The maximum absolute atomic E-state index is 11.8. The van der Waals surface area contributed by atoms with Crippen LogP contribution in [0.2, 0.25) is 0 Å². The van der Waals surface area contributed by atoms with Crippen molar-refractivity contribution in [3.05, 3.63) is 0 Å². The lowest BCUT2D eigenvalue weighted by Crippen LogP contribution is -2.42. The summed E-state index contributed by atoms with van der Waals surface area (Å²) in [5, 5.41) is 6.40. The highest BCUT2D eigenvalue weighted by Crippen LogP contribution is 2.15. The van der Waals surface area contributed by atoms with Gasteiger partial charge in [-0.25, -0.2) is 0 Å². The maximum atomic E-state index is 11.8. The summed E-state index contributed by atoms with van der Waals surface area (Å²) < 4.78 is 0. The summed E-state index contributed by atoms with van der Waals surface area (Å²) in [5.41, 5.74) is 0. The Morgan fingerprint density at radius 2 is 2.19 bits per heavy atom. The van der Waals surface area contributed by atoms with E-state index in [1.54, 1.807) is 0 Å². The fourth-order valence-corrected chi connectivity index (χ4v) is 2.10. The molecule has 3 nitrogen and oxygen atoms in total. The van der Waals surface area contributed by atoms with E-state index in [2.05, 4.69) is 24.5 Å². The molecule has 1 amide bonds. The highest BCUT2D eigenvalue weighted by molar-refractivity contribution is 5.85. The van der Waals surface area contributed by atoms with Crippen molar-refractivity contribution in [2.75, 3.05) is 13.1 Å². The first-order chi connectivity index (χ1) is 7.24. The number of amides is 1. The molecule has 0 saturated carbocycles. The van der Waals surface area contributed by atoms with E-state index in [4.69, 9.17) is 0 Å². The zero-order valence-electron chi connectivity index (χ0n) is 10.4. The van der Waals surface area contributed by atoms with Crippen LogP contribution in [-0.4, -0.2) is 25.0 Å². The zero-order chi connectivity index (χ0) is 11.1. The molecule has 2 N–H and O–H groups in total. The van der Waals surface area contributed by atoms with E-state index >= 15 is 0 Å². The Balaban J connectivity index is 0.00000225. The lowest BCUT2D eigenvalue weighted by Gasteiger charge is -2.27. The van der Waals surface area contributed by atoms with E-state index in [1.165, 1.54) is 12.8 Å². The van der Waals surface area contributed by atoms with E-state index < -0.39 is 0 Å². The van der Waals surface area contributed by atoms with Gasteiger partial charge in [-0.2, -0.15) is 0 Å². The van der Waals surface area contributed by atoms with Gasteiger partial charge < -0.3 is 10.6 Å². The van der Waals surface area contributed by atoms with Crippen molar-refractivity contribution in [1.82, 2.24) is 10.6 Å². The van der Waals surface area contributed by atoms with Crippen molar-refractivity contribution in [2.45, 2.75) is 52.0 Å². The molecule has 0 aromatic heterocycles. The number of piperidine rings is 1. The van der Waals surface area contributed by atoms with Gasteiger partial charge in [0.15, 0.2) is 0 Å². The number of nitrogens with one attached hydrogen (secondary N) is 2. The third kappa shape index (κ3) is 5.71. The molecule has 0 aliphatic carbocycles. The summed E-state index contributed by atoms with van der Waals surface area (Å²) in [5.74, 6) is 0.502. The SMILES string of the molecule is CCCCCNC(=O)[C@H]1CCN[C@@H](C)C1.Cl. The van der Waals surface area contributed by atoms with E-state index in [1.807, 2.05) is 0 Å². The minimum atomic E-state index is 0. The van der Waals surface area contributed by atoms with Gasteiger partial charge in [-0.15, -0.1) is 12.4 Å². The third-order valence-corrected chi connectivity index (χ3v) is 3.07. The van der Waals surface area contributed by atoms with Crippen molar-refractivity contribution in [3.63, 3.8) is 0 Å². The molecule has 0 aromatic rings. The molecule has 1 aliphatic heterocycles. The van der Waals surface area contributed by atoms with Crippen LogP contribution >= 0.6 is 12.4 Å². The Hall–Kier alpha value is -0.280. The fraction of sp³-hybridized carbons (Fsp3) is 0.917. The minimum absolute atomic E-state index is 0. The topological polar surface area (TPSA) is 41.1 Å². The maximum Gasteiger partial charge on any atom is 0.223 e. The lowest BCUT2D eigenvalue weighted by molar-refractivity contribution is -0.126. The Kier molecular flexibility index (Phi) is 8.67. The molecule has 16 heavy (non-hydrogen) atoms. The van der Waals surface area contributed by atoms with Crippen molar-refractivity contribution < 1.29 is 4.79 Å². The Morgan fingerprint density at radius 3 is 2.81 bits per heavy atom. The number of hydrogen-bond acceptors (Lipinski definition) is 2. The first-order valence-electron chi connectivity index (χ1n) is 6.25. The molecule has 0 bridgehead atoms. The van der Waals surface area contributed by atoms with Gasteiger partial charge in [0.05, 0.1) is 0 Å². The van der Waals surface area contributed by atoms with Gasteiger partial charge in [0.25, 0.3) is 0 Å². The average Bonchev–Trinajstić information content (AvgIpc) is 2.24.